The zero-order valence-electron chi connectivity index (χ0n) is 9.16. The molecule has 0 atom stereocenters. The first-order chi connectivity index (χ1) is 7.79. The van der Waals surface area contributed by atoms with Crippen molar-refractivity contribution in [2.24, 2.45) is 5.92 Å². The zero-order valence-corrected chi connectivity index (χ0v) is 9.16. The molecule has 0 unspecified atom stereocenters. The lowest BCUT2D eigenvalue weighted by Gasteiger charge is -2.25. The largest absolute Gasteiger partial charge is 0.477 e. The molecule has 1 aromatic rings. The normalized spacial score (nSPS) is 15.9. The topological polar surface area (TPSA) is 42.4 Å². The van der Waals surface area contributed by atoms with Gasteiger partial charge in [-0.25, -0.2) is 9.37 Å². The van der Waals surface area contributed by atoms with Crippen molar-refractivity contribution in [1.29, 1.82) is 0 Å². The molecule has 1 aliphatic carbocycles. The molecule has 0 aromatic carbocycles. The number of rotatable bonds is 5. The minimum absolute atomic E-state index is 0.247. The molecule has 1 saturated carbocycles. The molecule has 0 saturated heterocycles. The zero-order chi connectivity index (χ0) is 11.4. The molecule has 2 rings (SSSR count). The van der Waals surface area contributed by atoms with Crippen molar-refractivity contribution >= 4 is 0 Å². The minimum Gasteiger partial charge on any atom is -0.477 e. The monoisotopic (exact) mass is 225 g/mol. The van der Waals surface area contributed by atoms with Crippen molar-refractivity contribution in [3.63, 3.8) is 0 Å². The molecule has 1 N–H and O–H groups in total. The summed E-state index contributed by atoms with van der Waals surface area (Å²) in [6, 6.07) is 1.26. The van der Waals surface area contributed by atoms with Crippen molar-refractivity contribution in [2.45, 2.75) is 32.3 Å². The van der Waals surface area contributed by atoms with Gasteiger partial charge < -0.3 is 9.84 Å². The number of hydrogen-bond acceptors (Lipinski definition) is 3. The predicted molar refractivity (Wildman–Crippen MR) is 57.6 cm³/mol. The van der Waals surface area contributed by atoms with Crippen molar-refractivity contribution in [2.75, 3.05) is 6.61 Å². The summed E-state index contributed by atoms with van der Waals surface area (Å²) in [4.78, 5) is 3.83. The van der Waals surface area contributed by atoms with E-state index in [0.29, 0.717) is 18.1 Å². The van der Waals surface area contributed by atoms with Gasteiger partial charge in [0.1, 0.15) is 5.82 Å². The smallest absolute Gasteiger partial charge is 0.219 e. The van der Waals surface area contributed by atoms with Gasteiger partial charge in [0.05, 0.1) is 19.4 Å². The average molecular weight is 225 g/mol. The SMILES string of the molecule is OCc1cc(F)cnc1OCCC1CCC1. The summed E-state index contributed by atoms with van der Waals surface area (Å²) in [6.07, 6.45) is 6.02. The highest BCUT2D eigenvalue weighted by Gasteiger charge is 2.17. The van der Waals surface area contributed by atoms with Gasteiger partial charge in [0.2, 0.25) is 5.88 Å². The summed E-state index contributed by atoms with van der Waals surface area (Å²) in [6.45, 7) is 0.347. The van der Waals surface area contributed by atoms with Crippen LogP contribution in [-0.2, 0) is 6.61 Å². The summed E-state index contributed by atoms with van der Waals surface area (Å²) in [5.74, 6) is 0.677. The molecular weight excluding hydrogens is 209 g/mol. The molecular formula is C12H16FNO2. The van der Waals surface area contributed by atoms with Crippen LogP contribution >= 0.6 is 0 Å². The van der Waals surface area contributed by atoms with E-state index in [1.54, 1.807) is 0 Å². The van der Waals surface area contributed by atoms with Crippen LogP contribution in [0, 0.1) is 11.7 Å². The van der Waals surface area contributed by atoms with Gasteiger partial charge in [-0.3, -0.25) is 0 Å². The van der Waals surface area contributed by atoms with Gasteiger partial charge >= 0.3 is 0 Å². The van der Waals surface area contributed by atoms with Gasteiger partial charge in [-0.15, -0.1) is 0 Å². The molecule has 0 bridgehead atoms. The van der Waals surface area contributed by atoms with E-state index in [9.17, 15) is 4.39 Å². The molecule has 1 aliphatic rings. The molecule has 0 radical (unpaired) electrons. The van der Waals surface area contributed by atoms with E-state index in [2.05, 4.69) is 4.98 Å². The Bertz CT molecular complexity index is 353. The lowest BCUT2D eigenvalue weighted by molar-refractivity contribution is 0.209. The first-order valence-corrected chi connectivity index (χ1v) is 5.67. The van der Waals surface area contributed by atoms with E-state index < -0.39 is 5.82 Å². The number of aliphatic hydroxyl groups is 1. The van der Waals surface area contributed by atoms with Crippen LogP contribution < -0.4 is 4.74 Å². The lowest BCUT2D eigenvalue weighted by Crippen LogP contribution is -2.15. The third-order valence-electron chi connectivity index (χ3n) is 3.05. The number of pyridine rings is 1. The molecule has 4 heteroatoms. The van der Waals surface area contributed by atoms with E-state index >= 15 is 0 Å². The van der Waals surface area contributed by atoms with Crippen molar-refractivity contribution in [3.8, 4) is 5.88 Å². The molecule has 1 aromatic heterocycles. The van der Waals surface area contributed by atoms with Crippen molar-refractivity contribution < 1.29 is 14.2 Å². The minimum atomic E-state index is -0.449. The van der Waals surface area contributed by atoms with Gasteiger partial charge in [0.25, 0.3) is 0 Å². The average Bonchev–Trinajstić information content (AvgIpc) is 2.23. The van der Waals surface area contributed by atoms with Crippen molar-refractivity contribution in [1.82, 2.24) is 4.98 Å². The fraction of sp³-hybridized carbons (Fsp3) is 0.583. The van der Waals surface area contributed by atoms with Gasteiger partial charge in [-0.05, 0) is 18.4 Å². The maximum atomic E-state index is 12.8. The van der Waals surface area contributed by atoms with Crippen LogP contribution in [0.4, 0.5) is 4.39 Å². The molecule has 0 aliphatic heterocycles. The van der Waals surface area contributed by atoms with Crippen LogP contribution in [0.3, 0.4) is 0 Å². The number of hydrogen-bond donors (Lipinski definition) is 1. The summed E-state index contributed by atoms with van der Waals surface area (Å²) in [7, 11) is 0. The number of aliphatic hydroxyl groups excluding tert-OH is 1. The molecule has 88 valence electrons. The van der Waals surface area contributed by atoms with Crippen LogP contribution in [0.25, 0.3) is 0 Å². The van der Waals surface area contributed by atoms with E-state index in [0.717, 1.165) is 18.5 Å². The standard InChI is InChI=1S/C12H16FNO2/c13-11-6-10(8-15)12(14-7-11)16-5-4-9-2-1-3-9/h6-7,9,15H,1-5,8H2. The highest BCUT2D eigenvalue weighted by Crippen LogP contribution is 2.29. The second-order valence-corrected chi connectivity index (χ2v) is 4.21. The van der Waals surface area contributed by atoms with E-state index in [4.69, 9.17) is 9.84 Å². The number of ether oxygens (including phenoxy) is 1. The molecule has 0 spiro atoms. The van der Waals surface area contributed by atoms with Gasteiger partial charge in [-0.1, -0.05) is 19.3 Å². The second-order valence-electron chi connectivity index (χ2n) is 4.21. The number of aromatic nitrogens is 1. The molecule has 0 amide bonds. The van der Waals surface area contributed by atoms with Crippen LogP contribution in [0.15, 0.2) is 12.3 Å². The third-order valence-corrected chi connectivity index (χ3v) is 3.05. The Labute approximate surface area is 94.3 Å². The first-order valence-electron chi connectivity index (χ1n) is 5.67. The van der Waals surface area contributed by atoms with Crippen molar-refractivity contribution in [3.05, 3.63) is 23.6 Å². The maximum absolute atomic E-state index is 12.8. The van der Waals surface area contributed by atoms with E-state index in [1.807, 2.05) is 0 Å². The quantitative estimate of drug-likeness (QED) is 0.836. The second kappa shape index (κ2) is 5.25. The van der Waals surface area contributed by atoms with Crippen LogP contribution in [-0.4, -0.2) is 16.7 Å². The summed E-state index contributed by atoms with van der Waals surface area (Å²) >= 11 is 0. The number of halogens is 1. The van der Waals surface area contributed by atoms with Crippen LogP contribution in [0.5, 0.6) is 5.88 Å². The Morgan fingerprint density at radius 1 is 1.50 bits per heavy atom. The van der Waals surface area contributed by atoms with E-state index in [1.165, 1.54) is 25.3 Å². The van der Waals surface area contributed by atoms with Gasteiger partial charge in [-0.2, -0.15) is 0 Å². The molecule has 1 fully saturated rings. The molecule has 1 heterocycles. The van der Waals surface area contributed by atoms with E-state index in [-0.39, 0.29) is 6.61 Å². The third kappa shape index (κ3) is 2.70. The fourth-order valence-corrected chi connectivity index (χ4v) is 1.82. The Kier molecular flexibility index (Phi) is 3.72. The Balaban J connectivity index is 1.87. The van der Waals surface area contributed by atoms with Crippen LogP contribution in [0.2, 0.25) is 0 Å². The Morgan fingerprint density at radius 3 is 2.94 bits per heavy atom. The number of nitrogens with zero attached hydrogens (tertiary/aromatic N) is 1. The highest BCUT2D eigenvalue weighted by atomic mass is 19.1. The summed E-state index contributed by atoms with van der Waals surface area (Å²) < 4.78 is 18.3. The molecule has 16 heavy (non-hydrogen) atoms. The van der Waals surface area contributed by atoms with Crippen LogP contribution in [0.1, 0.15) is 31.2 Å². The first kappa shape index (κ1) is 11.3. The Hall–Kier alpha value is -1.16. The Morgan fingerprint density at radius 2 is 2.31 bits per heavy atom. The fourth-order valence-electron chi connectivity index (χ4n) is 1.82. The van der Waals surface area contributed by atoms with Gasteiger partial charge in [0, 0.05) is 5.56 Å². The lowest BCUT2D eigenvalue weighted by atomic mass is 9.83. The summed E-state index contributed by atoms with van der Waals surface area (Å²) in [5.41, 5.74) is 0.411. The molecule has 3 nitrogen and oxygen atoms in total. The predicted octanol–water partition coefficient (Wildman–Crippen LogP) is 2.28. The summed E-state index contributed by atoms with van der Waals surface area (Å²) in [5, 5.41) is 9.02. The van der Waals surface area contributed by atoms with Gasteiger partial charge in [0.15, 0.2) is 0 Å². The maximum Gasteiger partial charge on any atom is 0.219 e. The highest BCUT2D eigenvalue weighted by molar-refractivity contribution is 5.25.